The van der Waals surface area contributed by atoms with E-state index in [2.05, 4.69) is 37.4 Å². The Morgan fingerprint density at radius 3 is 2.56 bits per heavy atom. The molecule has 2 aliphatic heterocycles. The van der Waals surface area contributed by atoms with Crippen molar-refractivity contribution in [2.24, 2.45) is 5.92 Å². The maximum Gasteiger partial charge on any atom is 0.229 e. The van der Waals surface area contributed by atoms with Crippen LogP contribution in [0.2, 0.25) is 0 Å². The number of nitrogens with zero attached hydrogens (tertiary/aromatic N) is 4. The second-order valence-corrected chi connectivity index (χ2v) is 9.12. The molecule has 7 nitrogen and oxygen atoms in total. The molecule has 1 unspecified atom stereocenters. The van der Waals surface area contributed by atoms with Crippen LogP contribution in [0.3, 0.4) is 0 Å². The molecular formula is C24H27N5O2S. The average Bonchev–Trinajstić information content (AvgIpc) is 3.40. The number of hydrogen-bond acceptors (Lipinski definition) is 7. The van der Waals surface area contributed by atoms with Crippen molar-refractivity contribution in [3.8, 4) is 10.6 Å². The molecule has 8 heteroatoms. The molecular weight excluding hydrogens is 422 g/mol. The van der Waals surface area contributed by atoms with E-state index in [1.165, 1.54) is 5.69 Å². The molecule has 2 fully saturated rings. The minimum absolute atomic E-state index is 0.0667. The highest BCUT2D eigenvalue weighted by Crippen LogP contribution is 2.26. The molecule has 0 bridgehead atoms. The molecule has 1 aromatic carbocycles. The van der Waals surface area contributed by atoms with Gasteiger partial charge in [0.1, 0.15) is 5.69 Å². The van der Waals surface area contributed by atoms with Crippen molar-refractivity contribution in [1.29, 1.82) is 0 Å². The Balaban J connectivity index is 1.19. The van der Waals surface area contributed by atoms with E-state index < -0.39 is 0 Å². The summed E-state index contributed by atoms with van der Waals surface area (Å²) in [5.41, 5.74) is 2.89. The number of piperidine rings is 1. The van der Waals surface area contributed by atoms with Gasteiger partial charge in [0.05, 0.1) is 24.0 Å². The number of thiophene rings is 1. The van der Waals surface area contributed by atoms with E-state index in [9.17, 15) is 4.79 Å². The Kier molecular flexibility index (Phi) is 6.31. The largest absolute Gasteiger partial charge is 0.378 e. The summed E-state index contributed by atoms with van der Waals surface area (Å²) in [4.78, 5) is 18.5. The van der Waals surface area contributed by atoms with E-state index in [0.29, 0.717) is 6.54 Å². The van der Waals surface area contributed by atoms with E-state index in [4.69, 9.17) is 4.74 Å². The highest BCUT2D eigenvalue weighted by Gasteiger charge is 2.27. The van der Waals surface area contributed by atoms with Crippen LogP contribution in [-0.4, -0.2) is 55.5 Å². The summed E-state index contributed by atoms with van der Waals surface area (Å²) in [7, 11) is 0. The van der Waals surface area contributed by atoms with Crippen molar-refractivity contribution >= 4 is 34.4 Å². The van der Waals surface area contributed by atoms with Crippen molar-refractivity contribution < 1.29 is 9.53 Å². The molecule has 166 valence electrons. The van der Waals surface area contributed by atoms with Crippen LogP contribution in [-0.2, 0) is 9.53 Å². The lowest BCUT2D eigenvalue weighted by Gasteiger charge is -2.32. The molecule has 4 heterocycles. The zero-order valence-electron chi connectivity index (χ0n) is 17.9. The molecule has 1 atom stereocenters. The van der Waals surface area contributed by atoms with Gasteiger partial charge in [-0.15, -0.1) is 21.5 Å². The van der Waals surface area contributed by atoms with Gasteiger partial charge in [0.15, 0.2) is 5.82 Å². The van der Waals surface area contributed by atoms with Crippen molar-refractivity contribution in [2.45, 2.75) is 12.8 Å². The lowest BCUT2D eigenvalue weighted by molar-refractivity contribution is -0.120. The number of hydrogen-bond donors (Lipinski definition) is 1. The smallest absolute Gasteiger partial charge is 0.229 e. The quantitative estimate of drug-likeness (QED) is 0.637. The van der Waals surface area contributed by atoms with E-state index in [1.54, 1.807) is 11.3 Å². The van der Waals surface area contributed by atoms with Crippen LogP contribution < -0.4 is 15.1 Å². The number of ether oxygens (including phenoxy) is 1. The second kappa shape index (κ2) is 9.67. The van der Waals surface area contributed by atoms with Gasteiger partial charge in [-0.05, 0) is 60.7 Å². The van der Waals surface area contributed by atoms with Crippen molar-refractivity contribution in [3.05, 3.63) is 53.9 Å². The first-order valence-electron chi connectivity index (χ1n) is 11.1. The SMILES string of the molecule is O=C(Nc1ccc(N2CCOCC2)cc1)C1CCCN(c2ccc(-c3cccs3)nn2)C1. The molecule has 1 N–H and O–H groups in total. The third-order valence-electron chi connectivity index (χ3n) is 6.05. The molecule has 2 saturated heterocycles. The van der Waals surface area contributed by atoms with Crippen molar-refractivity contribution in [1.82, 2.24) is 10.2 Å². The Labute approximate surface area is 192 Å². The molecule has 5 rings (SSSR count). The zero-order chi connectivity index (χ0) is 21.8. The van der Waals surface area contributed by atoms with Crippen LogP contribution in [0.4, 0.5) is 17.2 Å². The molecule has 2 aromatic heterocycles. The number of rotatable bonds is 5. The van der Waals surface area contributed by atoms with Crippen LogP contribution in [0, 0.1) is 5.92 Å². The van der Waals surface area contributed by atoms with Crippen LogP contribution in [0.1, 0.15) is 12.8 Å². The lowest BCUT2D eigenvalue weighted by Crippen LogP contribution is -2.41. The number of morpholine rings is 1. The summed E-state index contributed by atoms with van der Waals surface area (Å²) in [6, 6.07) is 16.2. The van der Waals surface area contributed by atoms with Crippen molar-refractivity contribution in [3.63, 3.8) is 0 Å². The normalized spacial score (nSPS) is 19.1. The fourth-order valence-corrected chi connectivity index (χ4v) is 4.96. The highest BCUT2D eigenvalue weighted by atomic mass is 32.1. The van der Waals surface area contributed by atoms with Gasteiger partial charge in [0.25, 0.3) is 0 Å². The third-order valence-corrected chi connectivity index (χ3v) is 6.94. The van der Waals surface area contributed by atoms with Gasteiger partial charge in [0.2, 0.25) is 5.91 Å². The maximum atomic E-state index is 12.9. The number of nitrogens with one attached hydrogen (secondary N) is 1. The Hall–Kier alpha value is -2.97. The summed E-state index contributed by atoms with van der Waals surface area (Å²) in [6.45, 7) is 4.88. The van der Waals surface area contributed by atoms with Gasteiger partial charge < -0.3 is 19.9 Å². The molecule has 0 radical (unpaired) electrons. The zero-order valence-corrected chi connectivity index (χ0v) is 18.8. The predicted octanol–water partition coefficient (Wildman–Crippen LogP) is 3.90. The topological polar surface area (TPSA) is 70.6 Å². The first-order valence-corrected chi connectivity index (χ1v) is 12.0. The molecule has 3 aromatic rings. The summed E-state index contributed by atoms with van der Waals surface area (Å²) in [5.74, 6) is 0.830. The van der Waals surface area contributed by atoms with E-state index in [0.717, 1.165) is 67.8 Å². The van der Waals surface area contributed by atoms with E-state index in [1.807, 2.05) is 41.8 Å². The molecule has 32 heavy (non-hydrogen) atoms. The molecule has 0 saturated carbocycles. The number of amides is 1. The molecule has 0 aliphatic carbocycles. The van der Waals surface area contributed by atoms with Gasteiger partial charge in [-0.3, -0.25) is 4.79 Å². The number of carbonyl (C=O) groups is 1. The van der Waals surface area contributed by atoms with E-state index >= 15 is 0 Å². The van der Waals surface area contributed by atoms with Gasteiger partial charge in [-0.25, -0.2) is 0 Å². The summed E-state index contributed by atoms with van der Waals surface area (Å²) >= 11 is 1.65. The maximum absolute atomic E-state index is 12.9. The molecule has 0 spiro atoms. The second-order valence-electron chi connectivity index (χ2n) is 8.17. The monoisotopic (exact) mass is 449 g/mol. The number of benzene rings is 1. The van der Waals surface area contributed by atoms with Crippen LogP contribution in [0.15, 0.2) is 53.9 Å². The van der Waals surface area contributed by atoms with Gasteiger partial charge in [0, 0.05) is 37.6 Å². The first kappa shape index (κ1) is 20.9. The predicted molar refractivity (Wildman–Crippen MR) is 128 cm³/mol. The highest BCUT2D eigenvalue weighted by molar-refractivity contribution is 7.13. The Morgan fingerprint density at radius 1 is 1.00 bits per heavy atom. The standard InChI is InChI=1S/C24H27N5O2S/c30-24(25-19-5-7-20(8-6-19)28-12-14-31-15-13-28)18-3-1-11-29(17-18)23-10-9-21(26-27-23)22-4-2-16-32-22/h2,4-10,16,18H,1,3,11-15,17H2,(H,25,30). The van der Waals surface area contributed by atoms with Gasteiger partial charge in [-0.1, -0.05) is 6.07 Å². The number of carbonyl (C=O) groups excluding carboxylic acids is 1. The number of aromatic nitrogens is 2. The average molecular weight is 450 g/mol. The minimum atomic E-state index is -0.0681. The fraction of sp³-hybridized carbons (Fsp3) is 0.375. The Bertz CT molecular complexity index is 1020. The first-order chi connectivity index (χ1) is 15.8. The van der Waals surface area contributed by atoms with Crippen molar-refractivity contribution in [2.75, 3.05) is 54.5 Å². The molecule has 1 amide bonds. The third kappa shape index (κ3) is 4.76. The lowest BCUT2D eigenvalue weighted by atomic mass is 9.97. The fourth-order valence-electron chi connectivity index (χ4n) is 4.27. The van der Waals surface area contributed by atoms with Crippen LogP contribution in [0.25, 0.3) is 10.6 Å². The summed E-state index contributed by atoms with van der Waals surface area (Å²) < 4.78 is 5.42. The molecule has 2 aliphatic rings. The Morgan fingerprint density at radius 2 is 1.84 bits per heavy atom. The van der Waals surface area contributed by atoms with Crippen LogP contribution >= 0.6 is 11.3 Å². The van der Waals surface area contributed by atoms with E-state index in [-0.39, 0.29) is 11.8 Å². The van der Waals surface area contributed by atoms with Crippen LogP contribution in [0.5, 0.6) is 0 Å². The van der Waals surface area contributed by atoms with Gasteiger partial charge >= 0.3 is 0 Å². The van der Waals surface area contributed by atoms with Gasteiger partial charge in [-0.2, -0.15) is 0 Å². The minimum Gasteiger partial charge on any atom is -0.378 e. The summed E-state index contributed by atoms with van der Waals surface area (Å²) in [5, 5.41) is 13.9. The number of anilines is 3. The summed E-state index contributed by atoms with van der Waals surface area (Å²) in [6.07, 6.45) is 1.84.